The molecule has 9 nitrogen and oxygen atoms in total. The van der Waals surface area contributed by atoms with E-state index < -0.39 is 30.7 Å². The number of carbonyl (C=O) groups excluding carboxylic acids is 2. The van der Waals surface area contributed by atoms with Gasteiger partial charge < -0.3 is 28.4 Å². The van der Waals surface area contributed by atoms with Crippen LogP contribution in [-0.4, -0.2) is 66.1 Å². The van der Waals surface area contributed by atoms with Crippen molar-refractivity contribution in [2.45, 2.75) is 98.0 Å². The molecule has 1 aromatic heterocycles. The molecule has 1 saturated heterocycles. The van der Waals surface area contributed by atoms with Crippen LogP contribution in [0, 0.1) is 12.8 Å². The molecule has 5 aromatic carbocycles. The summed E-state index contributed by atoms with van der Waals surface area (Å²) in [5.41, 5.74) is 4.97. The van der Waals surface area contributed by atoms with Crippen LogP contribution in [0.4, 0.5) is 17.6 Å². The average molecular weight is 869 g/mol. The highest BCUT2D eigenvalue weighted by Gasteiger charge is 2.41. The van der Waals surface area contributed by atoms with E-state index in [1.54, 1.807) is 12.1 Å². The van der Waals surface area contributed by atoms with Crippen molar-refractivity contribution >= 4 is 50.0 Å². The third-order valence-electron chi connectivity index (χ3n) is 11.5. The Labute approximate surface area is 363 Å². The number of halogens is 4. The molecule has 2 unspecified atom stereocenters. The van der Waals surface area contributed by atoms with Gasteiger partial charge in [0.2, 0.25) is 0 Å². The third-order valence-corrected chi connectivity index (χ3v) is 11.5. The van der Waals surface area contributed by atoms with Crippen LogP contribution in [0.5, 0.6) is 11.5 Å². The highest BCUT2D eigenvalue weighted by atomic mass is 19.3. The second kappa shape index (κ2) is 18.9. The Hall–Kier alpha value is -5.79. The van der Waals surface area contributed by atoms with E-state index in [1.165, 1.54) is 31.2 Å². The zero-order valence-electron chi connectivity index (χ0n) is 36.3. The molecule has 0 amide bonds. The number of rotatable bonds is 18. The molecular weight excluding hydrogens is 817 g/mol. The lowest BCUT2D eigenvalue weighted by molar-refractivity contribution is -0.148. The Morgan fingerprint density at radius 2 is 1.59 bits per heavy atom. The number of carbonyl (C=O) groups is 2. The summed E-state index contributed by atoms with van der Waals surface area (Å²) in [6, 6.07) is 26.9. The summed E-state index contributed by atoms with van der Waals surface area (Å²) in [5, 5.41) is 7.61. The molecule has 0 aliphatic carbocycles. The van der Waals surface area contributed by atoms with Crippen LogP contribution < -0.4 is 9.47 Å². The van der Waals surface area contributed by atoms with E-state index in [9.17, 15) is 27.2 Å². The number of hydrogen-bond acceptors (Lipinski definition) is 8. The van der Waals surface area contributed by atoms with Gasteiger partial charge in [-0.3, -0.25) is 4.79 Å². The molecule has 2 atom stereocenters. The van der Waals surface area contributed by atoms with E-state index >= 15 is 0 Å². The standard InChI is InChI=1S/C50H52F4N2O7/c1-7-9-12-32(8-2)26-56-44-22-17-34(45(55-63-31(4)57)33-15-18-35(19-16-33)60-29-50(53,54)48(51)52)24-41(44)42-25-43(39-13-10-11-14-40(39)46(42)56)47(58)38-21-20-36(23-30(38)3)59-27-37-28-61-49(5,6)62-37/h10-11,13-25,32,37,48H,7-9,12,26-29H2,1-6H3/b55-45-. The highest BCUT2D eigenvalue weighted by Crippen LogP contribution is 2.39. The summed E-state index contributed by atoms with van der Waals surface area (Å²) in [6.45, 7) is 11.2. The molecule has 63 heavy (non-hydrogen) atoms. The Bertz CT molecular complexity index is 2660. The third kappa shape index (κ3) is 10.0. The van der Waals surface area contributed by atoms with Gasteiger partial charge in [0, 0.05) is 57.4 Å². The van der Waals surface area contributed by atoms with Crippen molar-refractivity contribution in [1.29, 1.82) is 0 Å². The fraction of sp³-hybridized carbons (Fsp3) is 0.380. The van der Waals surface area contributed by atoms with Crippen molar-refractivity contribution in [2.24, 2.45) is 11.1 Å². The lowest BCUT2D eigenvalue weighted by Crippen LogP contribution is -2.33. The predicted octanol–water partition coefficient (Wildman–Crippen LogP) is 11.8. The summed E-state index contributed by atoms with van der Waals surface area (Å²) < 4.78 is 77.7. The Balaban J connectivity index is 1.33. The van der Waals surface area contributed by atoms with Crippen molar-refractivity contribution in [3.05, 3.63) is 119 Å². The van der Waals surface area contributed by atoms with Gasteiger partial charge in [-0.15, -0.1) is 0 Å². The molecular formula is C50H52F4N2O7. The zero-order chi connectivity index (χ0) is 45.1. The van der Waals surface area contributed by atoms with Gasteiger partial charge in [-0.2, -0.15) is 8.78 Å². The Kier molecular flexibility index (Phi) is 13.6. The maximum Gasteiger partial charge on any atom is 0.340 e. The molecule has 0 bridgehead atoms. The number of fused-ring (bicyclic) bond motifs is 5. The van der Waals surface area contributed by atoms with E-state index in [0.717, 1.165) is 70.4 Å². The van der Waals surface area contributed by atoms with Crippen LogP contribution in [0.3, 0.4) is 0 Å². The van der Waals surface area contributed by atoms with Crippen molar-refractivity contribution < 1.29 is 50.9 Å². The SMILES string of the molecule is CCCCC(CC)Cn1c2ccc(/C(=N\OC(C)=O)c3ccc(OCC(F)(F)C(F)F)cc3)cc2c2cc(C(=O)c3ccc(OCC4COC(C)(C)O4)cc3C)c3ccccc3c21. The zero-order valence-corrected chi connectivity index (χ0v) is 36.3. The molecule has 1 aliphatic rings. The topological polar surface area (TPSA) is 97.6 Å². The highest BCUT2D eigenvalue weighted by molar-refractivity contribution is 6.26. The fourth-order valence-electron chi connectivity index (χ4n) is 8.16. The van der Waals surface area contributed by atoms with Gasteiger partial charge in [0.05, 0.1) is 12.1 Å². The van der Waals surface area contributed by atoms with Crippen LogP contribution >= 0.6 is 0 Å². The number of oxime groups is 1. The minimum Gasteiger partial charge on any atom is -0.491 e. The largest absolute Gasteiger partial charge is 0.491 e. The van der Waals surface area contributed by atoms with Crippen LogP contribution in [0.1, 0.15) is 92.9 Å². The van der Waals surface area contributed by atoms with Crippen LogP contribution in [0.15, 0.2) is 96.2 Å². The van der Waals surface area contributed by atoms with Crippen LogP contribution in [-0.2, 0) is 25.7 Å². The van der Waals surface area contributed by atoms with Crippen molar-refractivity contribution in [3.63, 3.8) is 0 Å². The number of benzene rings is 5. The minimum atomic E-state index is -4.32. The molecule has 1 aliphatic heterocycles. The average Bonchev–Trinajstić information content (AvgIpc) is 3.78. The summed E-state index contributed by atoms with van der Waals surface area (Å²) >= 11 is 0. The van der Waals surface area contributed by atoms with Gasteiger partial charge in [0.1, 0.15) is 29.9 Å². The predicted molar refractivity (Wildman–Crippen MR) is 236 cm³/mol. The number of unbranched alkanes of at least 4 members (excludes halogenated alkanes) is 1. The lowest BCUT2D eigenvalue weighted by atomic mass is 9.92. The summed E-state index contributed by atoms with van der Waals surface area (Å²) in [6.07, 6.45) is 0.117. The van der Waals surface area contributed by atoms with Crippen molar-refractivity contribution in [1.82, 2.24) is 4.57 Å². The van der Waals surface area contributed by atoms with Gasteiger partial charge in [-0.1, -0.05) is 68.6 Å². The molecule has 6 aromatic rings. The van der Waals surface area contributed by atoms with Gasteiger partial charge in [-0.05, 0) is 105 Å². The monoisotopic (exact) mass is 868 g/mol. The molecule has 2 heterocycles. The summed E-state index contributed by atoms with van der Waals surface area (Å²) in [5.74, 6) is -4.86. The van der Waals surface area contributed by atoms with E-state index in [2.05, 4.69) is 23.6 Å². The van der Waals surface area contributed by atoms with E-state index in [-0.39, 0.29) is 23.3 Å². The van der Waals surface area contributed by atoms with Crippen molar-refractivity contribution in [3.8, 4) is 11.5 Å². The normalized spacial score (nSPS) is 16.0. The summed E-state index contributed by atoms with van der Waals surface area (Å²) in [7, 11) is 0. The molecule has 7 rings (SSSR count). The second-order valence-electron chi connectivity index (χ2n) is 16.6. The first-order chi connectivity index (χ1) is 30.1. The van der Waals surface area contributed by atoms with E-state index in [0.29, 0.717) is 47.1 Å². The number of aromatic nitrogens is 1. The Morgan fingerprint density at radius 1 is 0.873 bits per heavy atom. The van der Waals surface area contributed by atoms with E-state index in [1.807, 2.05) is 75.4 Å². The van der Waals surface area contributed by atoms with Gasteiger partial charge in [0.25, 0.3) is 0 Å². The number of ketones is 1. The van der Waals surface area contributed by atoms with Gasteiger partial charge in [0.15, 0.2) is 18.2 Å². The number of ether oxygens (including phenoxy) is 4. The van der Waals surface area contributed by atoms with E-state index in [4.69, 9.17) is 23.8 Å². The number of nitrogens with zero attached hydrogens (tertiary/aromatic N) is 2. The van der Waals surface area contributed by atoms with Gasteiger partial charge >= 0.3 is 18.3 Å². The van der Waals surface area contributed by atoms with Crippen LogP contribution in [0.2, 0.25) is 0 Å². The first-order valence-corrected chi connectivity index (χ1v) is 21.3. The molecule has 13 heteroatoms. The quantitative estimate of drug-likeness (QED) is 0.0279. The van der Waals surface area contributed by atoms with Crippen LogP contribution in [0.25, 0.3) is 32.6 Å². The molecule has 332 valence electrons. The minimum absolute atomic E-state index is 0.0580. The lowest BCUT2D eigenvalue weighted by Gasteiger charge is -2.19. The first-order valence-electron chi connectivity index (χ1n) is 21.3. The second-order valence-corrected chi connectivity index (χ2v) is 16.6. The number of hydrogen-bond donors (Lipinski definition) is 0. The van der Waals surface area contributed by atoms with Crippen molar-refractivity contribution in [2.75, 3.05) is 19.8 Å². The molecule has 0 N–H and O–H groups in total. The fourth-order valence-corrected chi connectivity index (χ4v) is 8.16. The molecule has 0 saturated carbocycles. The van der Waals surface area contributed by atoms with Gasteiger partial charge in [-0.25, -0.2) is 13.6 Å². The molecule has 1 fully saturated rings. The molecule has 0 spiro atoms. The smallest absolute Gasteiger partial charge is 0.340 e. The first kappa shape index (κ1) is 45.2. The maximum absolute atomic E-state index is 14.8. The number of alkyl halides is 4. The molecule has 0 radical (unpaired) electrons. The Morgan fingerprint density at radius 3 is 2.24 bits per heavy atom. The summed E-state index contributed by atoms with van der Waals surface area (Å²) in [4.78, 5) is 32.0. The number of aryl methyl sites for hydroxylation is 1. The maximum atomic E-state index is 14.8.